The molecule has 2 fully saturated rings. The summed E-state index contributed by atoms with van der Waals surface area (Å²) in [5, 5.41) is 18.5. The van der Waals surface area contributed by atoms with Crippen LogP contribution >= 0.6 is 0 Å². The van der Waals surface area contributed by atoms with Gasteiger partial charge in [-0.2, -0.15) is 5.26 Å². The number of fused-ring (bicyclic) bond motifs is 2. The number of nitriles is 1. The van der Waals surface area contributed by atoms with E-state index in [0.717, 1.165) is 60.7 Å². The molecule has 11 heteroatoms. The summed E-state index contributed by atoms with van der Waals surface area (Å²) in [6.45, 7) is 3.88. The van der Waals surface area contributed by atoms with Crippen molar-refractivity contribution in [2.45, 2.75) is 38.6 Å². The molecule has 218 valence electrons. The van der Waals surface area contributed by atoms with Crippen molar-refractivity contribution < 1.29 is 23.8 Å². The Morgan fingerprint density at radius 1 is 1.19 bits per heavy atom. The van der Waals surface area contributed by atoms with E-state index in [2.05, 4.69) is 25.5 Å². The van der Waals surface area contributed by atoms with Crippen molar-refractivity contribution in [2.75, 3.05) is 19.7 Å². The summed E-state index contributed by atoms with van der Waals surface area (Å²) in [7, 11) is 0. The first-order valence-corrected chi connectivity index (χ1v) is 14.3. The van der Waals surface area contributed by atoms with Crippen LogP contribution in [-0.4, -0.2) is 61.3 Å². The maximum atomic E-state index is 14.2. The van der Waals surface area contributed by atoms with Crippen LogP contribution in [0.3, 0.4) is 0 Å². The first kappa shape index (κ1) is 27.2. The third-order valence-corrected chi connectivity index (χ3v) is 8.58. The molecule has 2 saturated heterocycles. The molecule has 4 heterocycles. The molecule has 0 bridgehead atoms. The maximum absolute atomic E-state index is 14.2. The zero-order chi connectivity index (χ0) is 29.5. The van der Waals surface area contributed by atoms with Crippen LogP contribution in [0, 0.1) is 29.0 Å². The van der Waals surface area contributed by atoms with Gasteiger partial charge in [-0.05, 0) is 60.6 Å². The van der Waals surface area contributed by atoms with Crippen LogP contribution in [0.1, 0.15) is 45.8 Å². The van der Waals surface area contributed by atoms with Crippen molar-refractivity contribution in [3.63, 3.8) is 0 Å². The molecular weight excluding hydrogens is 551 g/mol. The van der Waals surface area contributed by atoms with Crippen LogP contribution in [0.5, 0.6) is 5.88 Å². The molecule has 0 saturated carbocycles. The highest BCUT2D eigenvalue weighted by Crippen LogP contribution is 2.41. The van der Waals surface area contributed by atoms with Gasteiger partial charge in [0.2, 0.25) is 5.88 Å². The van der Waals surface area contributed by atoms with Crippen LogP contribution in [-0.2, 0) is 24.4 Å². The number of aromatic nitrogens is 4. The molecule has 1 aliphatic carbocycles. The summed E-state index contributed by atoms with van der Waals surface area (Å²) >= 11 is 0. The number of ether oxygens (including phenoxy) is 2. The van der Waals surface area contributed by atoms with Gasteiger partial charge >= 0.3 is 5.97 Å². The average molecular weight is 581 g/mol. The minimum absolute atomic E-state index is 0.00973. The number of benzene rings is 2. The number of halogens is 1. The molecule has 4 aromatic rings. The van der Waals surface area contributed by atoms with Gasteiger partial charge in [-0.1, -0.05) is 12.1 Å². The quantitative estimate of drug-likeness (QED) is 0.306. The fourth-order valence-electron chi connectivity index (χ4n) is 6.24. The SMILES string of the molecule is N#Cc1ccc(COc2cncc(C3=CC4CN(Cc5nc6ccc(C(=O)O)cc6n5C[C@@H]5CCO5)CC4C3)n2)c(F)c1. The molecular formula is C32H29FN6O4. The topological polar surface area (TPSA) is 126 Å². The molecule has 2 unspecified atom stereocenters. The molecule has 2 aromatic heterocycles. The van der Waals surface area contributed by atoms with Crippen LogP contribution in [0.4, 0.5) is 4.39 Å². The van der Waals surface area contributed by atoms with Gasteiger partial charge in [0.25, 0.3) is 0 Å². The maximum Gasteiger partial charge on any atom is 0.335 e. The Hall–Kier alpha value is -4.66. The van der Waals surface area contributed by atoms with Gasteiger partial charge in [-0.3, -0.25) is 9.88 Å². The molecule has 2 aromatic carbocycles. The molecule has 43 heavy (non-hydrogen) atoms. The number of carboxylic acids is 1. The number of carboxylic acid groups (broad SMARTS) is 1. The van der Waals surface area contributed by atoms with Crippen molar-refractivity contribution in [1.29, 1.82) is 5.26 Å². The summed E-state index contributed by atoms with van der Waals surface area (Å²) in [6.07, 6.45) is 7.51. The number of carbonyl (C=O) groups is 1. The highest BCUT2D eigenvalue weighted by Gasteiger charge is 2.37. The predicted molar refractivity (Wildman–Crippen MR) is 153 cm³/mol. The standard InChI is InChI=1S/C32H29FN6O4/c33-26-7-19(11-34)1-2-21(26)18-43-31-13-35-12-28(37-31)22-8-23-14-38(15-24(23)9-22)17-30-36-27-4-3-20(32(40)41)10-29(27)39(30)16-25-5-6-42-25/h1-4,7-8,10,12-13,23-25H,5-6,9,14-18H2,(H,40,41)/t23?,24?,25-/m0/s1. The summed E-state index contributed by atoms with van der Waals surface area (Å²) < 4.78 is 27.8. The van der Waals surface area contributed by atoms with Gasteiger partial charge in [0.1, 0.15) is 18.2 Å². The summed E-state index contributed by atoms with van der Waals surface area (Å²) in [5.74, 6) is 0.623. The Kier molecular flexibility index (Phi) is 7.08. The van der Waals surface area contributed by atoms with Gasteiger partial charge in [0, 0.05) is 25.3 Å². The number of allylic oxidation sites excluding steroid dienone is 1. The second kappa shape index (κ2) is 11.2. The monoisotopic (exact) mass is 580 g/mol. The number of hydrogen-bond donors (Lipinski definition) is 1. The van der Waals surface area contributed by atoms with E-state index in [0.29, 0.717) is 36.4 Å². The average Bonchev–Trinajstić information content (AvgIpc) is 3.65. The highest BCUT2D eigenvalue weighted by molar-refractivity contribution is 5.92. The van der Waals surface area contributed by atoms with E-state index in [1.807, 2.05) is 6.07 Å². The predicted octanol–water partition coefficient (Wildman–Crippen LogP) is 4.44. The Labute approximate surface area is 247 Å². The van der Waals surface area contributed by atoms with E-state index in [1.165, 1.54) is 12.3 Å². The number of imidazole rings is 1. The van der Waals surface area contributed by atoms with E-state index in [4.69, 9.17) is 19.7 Å². The second-order valence-corrected chi connectivity index (χ2v) is 11.4. The van der Waals surface area contributed by atoms with Gasteiger partial charge in [-0.15, -0.1) is 0 Å². The smallest absolute Gasteiger partial charge is 0.335 e. The van der Waals surface area contributed by atoms with Crippen LogP contribution in [0.2, 0.25) is 0 Å². The van der Waals surface area contributed by atoms with Gasteiger partial charge in [-0.25, -0.2) is 19.2 Å². The zero-order valence-electron chi connectivity index (χ0n) is 23.3. The fraction of sp³-hybridized carbons (Fsp3) is 0.344. The largest absolute Gasteiger partial charge is 0.478 e. The van der Waals surface area contributed by atoms with Crippen LogP contribution < -0.4 is 4.74 Å². The lowest BCUT2D eigenvalue weighted by Gasteiger charge is -2.28. The third kappa shape index (κ3) is 5.47. The molecule has 7 rings (SSSR count). The van der Waals surface area contributed by atoms with Crippen LogP contribution in [0.25, 0.3) is 16.6 Å². The summed E-state index contributed by atoms with van der Waals surface area (Å²) in [4.78, 5) is 27.9. The second-order valence-electron chi connectivity index (χ2n) is 11.4. The van der Waals surface area contributed by atoms with Crippen molar-refractivity contribution in [2.24, 2.45) is 11.8 Å². The van der Waals surface area contributed by atoms with E-state index in [9.17, 15) is 14.3 Å². The molecule has 1 N–H and O–H groups in total. The summed E-state index contributed by atoms with van der Waals surface area (Å²) in [5.41, 5.74) is 4.37. The molecule has 2 aliphatic heterocycles. The minimum Gasteiger partial charge on any atom is -0.478 e. The normalized spacial score (nSPS) is 21.3. The Morgan fingerprint density at radius 3 is 2.81 bits per heavy atom. The lowest BCUT2D eigenvalue weighted by atomic mass is 9.99. The minimum atomic E-state index is -0.951. The van der Waals surface area contributed by atoms with E-state index in [1.54, 1.807) is 36.5 Å². The Balaban J connectivity index is 1.03. The first-order chi connectivity index (χ1) is 20.9. The van der Waals surface area contributed by atoms with Crippen molar-refractivity contribution in [1.82, 2.24) is 24.4 Å². The molecule has 0 amide bonds. The van der Waals surface area contributed by atoms with Gasteiger partial charge in [0.05, 0.1) is 65.5 Å². The highest BCUT2D eigenvalue weighted by atomic mass is 19.1. The van der Waals surface area contributed by atoms with Crippen molar-refractivity contribution in [3.05, 3.63) is 88.9 Å². The number of aromatic carboxylic acids is 1. The molecule has 0 spiro atoms. The van der Waals surface area contributed by atoms with Crippen molar-refractivity contribution in [3.8, 4) is 11.9 Å². The first-order valence-electron chi connectivity index (χ1n) is 14.3. The zero-order valence-corrected chi connectivity index (χ0v) is 23.3. The van der Waals surface area contributed by atoms with E-state index in [-0.39, 0.29) is 23.8 Å². The molecule has 3 aliphatic rings. The Morgan fingerprint density at radius 2 is 2.07 bits per heavy atom. The third-order valence-electron chi connectivity index (χ3n) is 8.58. The fourth-order valence-corrected chi connectivity index (χ4v) is 6.24. The molecule has 3 atom stereocenters. The van der Waals surface area contributed by atoms with Crippen LogP contribution in [0.15, 0.2) is 54.9 Å². The number of rotatable bonds is 9. The summed E-state index contributed by atoms with van der Waals surface area (Å²) in [6, 6.07) is 11.3. The molecule has 10 nitrogen and oxygen atoms in total. The van der Waals surface area contributed by atoms with Crippen molar-refractivity contribution >= 4 is 22.6 Å². The number of hydrogen-bond acceptors (Lipinski definition) is 8. The number of likely N-dealkylation sites (tertiary alicyclic amines) is 1. The Bertz CT molecular complexity index is 1790. The van der Waals surface area contributed by atoms with Gasteiger partial charge in [0.15, 0.2) is 0 Å². The lowest BCUT2D eigenvalue weighted by molar-refractivity contribution is -0.0591. The molecule has 0 radical (unpaired) electrons. The van der Waals surface area contributed by atoms with E-state index < -0.39 is 11.8 Å². The van der Waals surface area contributed by atoms with E-state index >= 15 is 0 Å². The lowest BCUT2D eigenvalue weighted by Crippen LogP contribution is -2.32. The number of nitrogens with zero attached hydrogens (tertiary/aromatic N) is 6. The van der Waals surface area contributed by atoms with Gasteiger partial charge < -0.3 is 19.1 Å².